The second kappa shape index (κ2) is 6.93. The molecule has 2 N–H and O–H groups in total. The Morgan fingerprint density at radius 3 is 2.88 bits per heavy atom. The molecule has 2 aromatic carbocycles. The van der Waals surface area contributed by atoms with Crippen molar-refractivity contribution in [3.8, 4) is 5.75 Å². The minimum Gasteiger partial charge on any atom is -0.478 e. The Bertz CT molecular complexity index is 792. The van der Waals surface area contributed by atoms with E-state index < -0.39 is 6.10 Å². The molecule has 0 saturated carbocycles. The van der Waals surface area contributed by atoms with Gasteiger partial charge in [0, 0.05) is 11.6 Å². The van der Waals surface area contributed by atoms with Crippen molar-refractivity contribution in [3.63, 3.8) is 0 Å². The molecular weight excluding hydrogens is 328 g/mol. The quantitative estimate of drug-likeness (QED) is 0.895. The number of hydrogen-bond donors (Lipinski definition) is 2. The molecule has 124 valence electrons. The number of rotatable bonds is 4. The first-order valence-corrected chi connectivity index (χ1v) is 8.05. The number of anilines is 1. The number of carbonyl (C=O) groups is 2. The molecule has 0 aliphatic carbocycles. The number of amides is 2. The van der Waals surface area contributed by atoms with Crippen molar-refractivity contribution in [2.45, 2.75) is 19.4 Å². The average Bonchev–Trinajstić information content (AvgIpc) is 2.55. The molecule has 1 heterocycles. The van der Waals surface area contributed by atoms with Gasteiger partial charge in [-0.25, -0.2) is 0 Å². The summed E-state index contributed by atoms with van der Waals surface area (Å²) in [6.07, 6.45) is 0.0490. The van der Waals surface area contributed by atoms with Gasteiger partial charge in [-0.05, 0) is 43.2 Å². The zero-order chi connectivity index (χ0) is 17.1. The van der Waals surface area contributed by atoms with Crippen LogP contribution in [0.5, 0.6) is 5.75 Å². The first-order chi connectivity index (χ1) is 11.5. The number of carbonyl (C=O) groups excluding carboxylic acids is 2. The molecule has 1 aliphatic heterocycles. The van der Waals surface area contributed by atoms with Crippen molar-refractivity contribution < 1.29 is 14.3 Å². The summed E-state index contributed by atoms with van der Waals surface area (Å²) in [6, 6.07) is 12.6. The van der Waals surface area contributed by atoms with Crippen LogP contribution < -0.4 is 15.4 Å². The second-order valence-electron chi connectivity index (χ2n) is 5.57. The first-order valence-electron chi connectivity index (χ1n) is 7.68. The summed E-state index contributed by atoms with van der Waals surface area (Å²) in [4.78, 5) is 24.1. The summed E-state index contributed by atoms with van der Waals surface area (Å²) in [5, 5.41) is 6.28. The molecule has 24 heavy (non-hydrogen) atoms. The normalized spacial score (nSPS) is 15.9. The SMILES string of the molecule is CC1Oc2c(cccc2C(=O)NCCc2cccc(Cl)c2)NC1=O. The lowest BCUT2D eigenvalue weighted by molar-refractivity contribution is -0.122. The highest BCUT2D eigenvalue weighted by molar-refractivity contribution is 6.30. The molecule has 0 spiro atoms. The van der Waals surface area contributed by atoms with Crippen LogP contribution in [0.3, 0.4) is 0 Å². The number of benzene rings is 2. The maximum absolute atomic E-state index is 12.4. The highest BCUT2D eigenvalue weighted by Gasteiger charge is 2.27. The monoisotopic (exact) mass is 344 g/mol. The fourth-order valence-electron chi connectivity index (χ4n) is 2.51. The smallest absolute Gasteiger partial charge is 0.265 e. The van der Waals surface area contributed by atoms with Crippen LogP contribution in [0.2, 0.25) is 5.02 Å². The third-order valence-electron chi connectivity index (χ3n) is 3.77. The van der Waals surface area contributed by atoms with Crippen molar-refractivity contribution in [2.75, 3.05) is 11.9 Å². The zero-order valence-corrected chi connectivity index (χ0v) is 13.9. The summed E-state index contributed by atoms with van der Waals surface area (Å²) in [7, 11) is 0. The molecule has 5 nitrogen and oxygen atoms in total. The van der Waals surface area contributed by atoms with Crippen molar-refractivity contribution in [3.05, 3.63) is 58.6 Å². The maximum Gasteiger partial charge on any atom is 0.265 e. The van der Waals surface area contributed by atoms with E-state index in [1.54, 1.807) is 25.1 Å². The Morgan fingerprint density at radius 1 is 1.29 bits per heavy atom. The van der Waals surface area contributed by atoms with Gasteiger partial charge in [-0.1, -0.05) is 29.8 Å². The Morgan fingerprint density at radius 2 is 2.08 bits per heavy atom. The van der Waals surface area contributed by atoms with Gasteiger partial charge in [-0.15, -0.1) is 0 Å². The molecule has 2 amide bonds. The molecule has 0 fully saturated rings. The fourth-order valence-corrected chi connectivity index (χ4v) is 2.73. The first kappa shape index (κ1) is 16.3. The zero-order valence-electron chi connectivity index (χ0n) is 13.1. The van der Waals surface area contributed by atoms with Gasteiger partial charge in [0.2, 0.25) is 0 Å². The molecule has 2 aromatic rings. The number of nitrogens with one attached hydrogen (secondary N) is 2. The van der Waals surface area contributed by atoms with Crippen molar-refractivity contribution >= 4 is 29.1 Å². The molecule has 0 saturated heterocycles. The maximum atomic E-state index is 12.4. The van der Waals surface area contributed by atoms with Crippen LogP contribution in [-0.4, -0.2) is 24.5 Å². The minimum absolute atomic E-state index is 0.221. The van der Waals surface area contributed by atoms with E-state index in [0.29, 0.717) is 35.0 Å². The van der Waals surface area contributed by atoms with E-state index in [4.69, 9.17) is 16.3 Å². The van der Waals surface area contributed by atoms with E-state index in [9.17, 15) is 9.59 Å². The predicted molar refractivity (Wildman–Crippen MR) is 92.7 cm³/mol. The molecule has 6 heteroatoms. The summed E-state index contributed by atoms with van der Waals surface area (Å²) in [5.74, 6) is -0.0527. The van der Waals surface area contributed by atoms with E-state index in [2.05, 4.69) is 10.6 Å². The van der Waals surface area contributed by atoms with Gasteiger partial charge in [0.15, 0.2) is 11.9 Å². The Balaban J connectivity index is 1.68. The summed E-state index contributed by atoms with van der Waals surface area (Å²) in [5.41, 5.74) is 1.97. The van der Waals surface area contributed by atoms with E-state index in [1.807, 2.05) is 24.3 Å². The number of halogens is 1. The van der Waals surface area contributed by atoms with Gasteiger partial charge in [0.25, 0.3) is 11.8 Å². The summed E-state index contributed by atoms with van der Waals surface area (Å²) < 4.78 is 5.59. The molecule has 1 unspecified atom stereocenters. The molecule has 1 atom stereocenters. The van der Waals surface area contributed by atoms with Gasteiger partial charge in [0.1, 0.15) is 0 Å². The molecule has 3 rings (SSSR count). The van der Waals surface area contributed by atoms with Crippen LogP contribution in [0.25, 0.3) is 0 Å². The van der Waals surface area contributed by atoms with Crippen molar-refractivity contribution in [1.82, 2.24) is 5.32 Å². The number of fused-ring (bicyclic) bond motifs is 1. The van der Waals surface area contributed by atoms with Crippen molar-refractivity contribution in [1.29, 1.82) is 0 Å². The summed E-state index contributed by atoms with van der Waals surface area (Å²) in [6.45, 7) is 2.12. The molecule has 0 bridgehead atoms. The number of para-hydroxylation sites is 1. The molecule has 0 aromatic heterocycles. The van der Waals surface area contributed by atoms with Crippen LogP contribution in [0.1, 0.15) is 22.8 Å². The van der Waals surface area contributed by atoms with E-state index in [0.717, 1.165) is 5.56 Å². The number of hydrogen-bond acceptors (Lipinski definition) is 3. The van der Waals surface area contributed by atoms with Crippen molar-refractivity contribution in [2.24, 2.45) is 0 Å². The Labute approximate surface area is 145 Å². The van der Waals surface area contributed by atoms with Gasteiger partial charge < -0.3 is 15.4 Å². The van der Waals surface area contributed by atoms with Gasteiger partial charge in [-0.3, -0.25) is 9.59 Å². The molecular formula is C18H17ClN2O3. The minimum atomic E-state index is -0.627. The average molecular weight is 345 g/mol. The Kier molecular flexibility index (Phi) is 4.71. The van der Waals surface area contributed by atoms with Crippen LogP contribution in [0.15, 0.2) is 42.5 Å². The van der Waals surface area contributed by atoms with Crippen LogP contribution in [0.4, 0.5) is 5.69 Å². The van der Waals surface area contributed by atoms with Crippen LogP contribution in [0, 0.1) is 0 Å². The number of ether oxygens (including phenoxy) is 1. The van der Waals surface area contributed by atoms with E-state index >= 15 is 0 Å². The lowest BCUT2D eigenvalue weighted by atomic mass is 10.1. The molecule has 0 radical (unpaired) electrons. The van der Waals surface area contributed by atoms with Crippen LogP contribution in [-0.2, 0) is 11.2 Å². The summed E-state index contributed by atoms with van der Waals surface area (Å²) >= 11 is 5.95. The predicted octanol–water partition coefficient (Wildman–Crippen LogP) is 3.03. The lowest BCUT2D eigenvalue weighted by Gasteiger charge is -2.25. The van der Waals surface area contributed by atoms with E-state index in [-0.39, 0.29) is 11.8 Å². The topological polar surface area (TPSA) is 67.4 Å². The third kappa shape index (κ3) is 3.51. The van der Waals surface area contributed by atoms with Gasteiger partial charge in [-0.2, -0.15) is 0 Å². The highest BCUT2D eigenvalue weighted by Crippen LogP contribution is 2.33. The molecule has 1 aliphatic rings. The third-order valence-corrected chi connectivity index (χ3v) is 4.00. The fraction of sp³-hybridized carbons (Fsp3) is 0.222. The Hall–Kier alpha value is -2.53. The lowest BCUT2D eigenvalue weighted by Crippen LogP contribution is -2.36. The van der Waals surface area contributed by atoms with Gasteiger partial charge >= 0.3 is 0 Å². The second-order valence-corrected chi connectivity index (χ2v) is 6.00. The van der Waals surface area contributed by atoms with Gasteiger partial charge in [0.05, 0.1) is 11.3 Å². The highest BCUT2D eigenvalue weighted by atomic mass is 35.5. The van der Waals surface area contributed by atoms with E-state index in [1.165, 1.54) is 0 Å². The largest absolute Gasteiger partial charge is 0.478 e. The van der Waals surface area contributed by atoms with Crippen LogP contribution >= 0.6 is 11.6 Å². The standard InChI is InChI=1S/C18H17ClN2O3/c1-11-17(22)21-15-7-3-6-14(16(15)24-11)18(23)20-9-8-12-4-2-5-13(19)10-12/h2-7,10-11H,8-9H2,1H3,(H,20,23)(H,21,22).